The fraction of sp³-hybridized carbons (Fsp3) is 0.273. The van der Waals surface area contributed by atoms with Crippen molar-refractivity contribution >= 4 is 12.0 Å². The molecule has 0 fully saturated rings. The van der Waals surface area contributed by atoms with Crippen LogP contribution in [0.3, 0.4) is 0 Å². The van der Waals surface area contributed by atoms with Gasteiger partial charge in [0.05, 0.1) is 12.5 Å². The van der Waals surface area contributed by atoms with Crippen molar-refractivity contribution in [3.8, 4) is 0 Å². The fourth-order valence-corrected chi connectivity index (χ4v) is 1.40. The average molecular weight is 222 g/mol. The Kier molecular flexibility index (Phi) is 3.88. The molecule has 0 radical (unpaired) electrons. The second-order valence-electron chi connectivity index (χ2n) is 3.57. The van der Waals surface area contributed by atoms with Crippen molar-refractivity contribution in [2.45, 2.75) is 19.4 Å². The van der Waals surface area contributed by atoms with Gasteiger partial charge < -0.3 is 16.2 Å². The lowest BCUT2D eigenvalue weighted by atomic mass is 10.0. The third-order valence-electron chi connectivity index (χ3n) is 2.17. The lowest BCUT2D eigenvalue weighted by Crippen LogP contribution is -2.34. The number of aryl methyl sites for hydroxylation is 1. The van der Waals surface area contributed by atoms with Crippen LogP contribution in [0.1, 0.15) is 23.6 Å². The van der Waals surface area contributed by atoms with E-state index < -0.39 is 18.0 Å². The highest BCUT2D eigenvalue weighted by Gasteiger charge is 2.16. The molecule has 0 aliphatic carbocycles. The van der Waals surface area contributed by atoms with E-state index in [1.807, 2.05) is 19.1 Å². The van der Waals surface area contributed by atoms with Crippen LogP contribution < -0.4 is 11.1 Å². The Labute approximate surface area is 93.3 Å². The summed E-state index contributed by atoms with van der Waals surface area (Å²) >= 11 is 0. The SMILES string of the molecule is Cc1ccc(C(CC(=O)O)NC(N)=O)cc1. The Bertz CT molecular complexity index is 371. The molecule has 0 aromatic heterocycles. The number of aliphatic carboxylic acids is 1. The molecular weight excluding hydrogens is 208 g/mol. The lowest BCUT2D eigenvalue weighted by molar-refractivity contribution is -0.137. The minimum Gasteiger partial charge on any atom is -0.481 e. The minimum atomic E-state index is -0.987. The maximum atomic E-state index is 10.7. The number of rotatable bonds is 4. The third kappa shape index (κ3) is 3.61. The van der Waals surface area contributed by atoms with Crippen molar-refractivity contribution < 1.29 is 14.7 Å². The summed E-state index contributed by atoms with van der Waals surface area (Å²) in [6, 6.07) is 5.94. The van der Waals surface area contributed by atoms with E-state index in [0.717, 1.165) is 11.1 Å². The summed E-state index contributed by atoms with van der Waals surface area (Å²) in [6.45, 7) is 1.93. The molecule has 1 atom stereocenters. The van der Waals surface area contributed by atoms with E-state index >= 15 is 0 Å². The van der Waals surface area contributed by atoms with E-state index in [1.54, 1.807) is 12.1 Å². The molecule has 1 aromatic rings. The summed E-state index contributed by atoms with van der Waals surface area (Å²) in [5.41, 5.74) is 6.79. The second kappa shape index (κ2) is 5.16. The van der Waals surface area contributed by atoms with Crippen LogP contribution in [-0.2, 0) is 4.79 Å². The van der Waals surface area contributed by atoms with Gasteiger partial charge in [0, 0.05) is 0 Å². The number of benzene rings is 1. The quantitative estimate of drug-likeness (QED) is 0.714. The maximum absolute atomic E-state index is 10.7. The summed E-state index contributed by atoms with van der Waals surface area (Å²) in [6.07, 6.45) is -0.188. The van der Waals surface area contributed by atoms with Gasteiger partial charge in [-0.1, -0.05) is 29.8 Å². The summed E-state index contributed by atoms with van der Waals surface area (Å²) in [4.78, 5) is 21.4. The van der Waals surface area contributed by atoms with Crippen LogP contribution >= 0.6 is 0 Å². The summed E-state index contributed by atoms with van der Waals surface area (Å²) in [7, 11) is 0. The molecular formula is C11H14N2O3. The highest BCUT2D eigenvalue weighted by atomic mass is 16.4. The molecule has 0 bridgehead atoms. The van der Waals surface area contributed by atoms with E-state index in [9.17, 15) is 9.59 Å². The number of hydrogen-bond donors (Lipinski definition) is 3. The van der Waals surface area contributed by atoms with Gasteiger partial charge in [0.25, 0.3) is 0 Å². The van der Waals surface area contributed by atoms with Crippen LogP contribution in [0, 0.1) is 6.92 Å². The Morgan fingerprint density at radius 3 is 2.38 bits per heavy atom. The van der Waals surface area contributed by atoms with Crippen molar-refractivity contribution in [2.75, 3.05) is 0 Å². The predicted molar refractivity (Wildman–Crippen MR) is 58.9 cm³/mol. The van der Waals surface area contributed by atoms with Crippen LogP contribution in [0.4, 0.5) is 4.79 Å². The number of carbonyl (C=O) groups excluding carboxylic acids is 1. The first-order chi connectivity index (χ1) is 7.49. The topological polar surface area (TPSA) is 92.4 Å². The highest BCUT2D eigenvalue weighted by molar-refractivity contribution is 5.74. The first-order valence-corrected chi connectivity index (χ1v) is 4.83. The van der Waals surface area contributed by atoms with E-state index in [2.05, 4.69) is 5.32 Å². The molecule has 5 nitrogen and oxygen atoms in total. The first kappa shape index (κ1) is 12.0. The lowest BCUT2D eigenvalue weighted by Gasteiger charge is -2.15. The van der Waals surface area contributed by atoms with Gasteiger partial charge in [-0.2, -0.15) is 0 Å². The van der Waals surface area contributed by atoms with Crippen LogP contribution in [0.15, 0.2) is 24.3 Å². The molecule has 0 aliphatic rings. The van der Waals surface area contributed by atoms with E-state index in [4.69, 9.17) is 10.8 Å². The maximum Gasteiger partial charge on any atom is 0.312 e. The van der Waals surface area contributed by atoms with Gasteiger partial charge in [-0.25, -0.2) is 4.79 Å². The molecule has 0 spiro atoms. The summed E-state index contributed by atoms with van der Waals surface area (Å²) < 4.78 is 0. The number of carbonyl (C=O) groups is 2. The number of hydrogen-bond acceptors (Lipinski definition) is 2. The van der Waals surface area contributed by atoms with Crippen LogP contribution in [0.5, 0.6) is 0 Å². The normalized spacial score (nSPS) is 11.8. The monoisotopic (exact) mass is 222 g/mol. The van der Waals surface area contributed by atoms with Gasteiger partial charge in [0.1, 0.15) is 0 Å². The number of carboxylic acid groups (broad SMARTS) is 1. The smallest absolute Gasteiger partial charge is 0.312 e. The van der Waals surface area contributed by atoms with Crippen LogP contribution in [-0.4, -0.2) is 17.1 Å². The number of primary amides is 1. The van der Waals surface area contributed by atoms with Gasteiger partial charge in [0.15, 0.2) is 0 Å². The van der Waals surface area contributed by atoms with Crippen molar-refractivity contribution in [3.05, 3.63) is 35.4 Å². The minimum absolute atomic E-state index is 0.188. The Morgan fingerprint density at radius 2 is 1.94 bits per heavy atom. The molecule has 16 heavy (non-hydrogen) atoms. The van der Waals surface area contributed by atoms with Crippen molar-refractivity contribution in [1.29, 1.82) is 0 Å². The Morgan fingerprint density at radius 1 is 1.38 bits per heavy atom. The summed E-state index contributed by atoms with van der Waals surface area (Å²) in [5, 5.41) is 11.1. The molecule has 1 aromatic carbocycles. The average Bonchev–Trinajstić information content (AvgIpc) is 2.16. The van der Waals surface area contributed by atoms with Crippen molar-refractivity contribution in [2.24, 2.45) is 5.73 Å². The standard InChI is InChI=1S/C11H14N2O3/c1-7-2-4-8(5-3-7)9(6-10(14)15)13-11(12)16/h2-5,9H,6H2,1H3,(H,14,15)(H3,12,13,16). The molecule has 0 heterocycles. The van der Waals surface area contributed by atoms with Crippen LogP contribution in [0.25, 0.3) is 0 Å². The second-order valence-corrected chi connectivity index (χ2v) is 3.57. The van der Waals surface area contributed by atoms with Crippen molar-refractivity contribution in [1.82, 2.24) is 5.32 Å². The molecule has 1 rings (SSSR count). The molecule has 1 unspecified atom stereocenters. The predicted octanol–water partition coefficient (Wildman–Crippen LogP) is 1.18. The van der Waals surface area contributed by atoms with Gasteiger partial charge in [-0.3, -0.25) is 4.79 Å². The molecule has 2 amide bonds. The van der Waals surface area contributed by atoms with Crippen molar-refractivity contribution in [3.63, 3.8) is 0 Å². The number of nitrogens with one attached hydrogen (secondary N) is 1. The van der Waals surface area contributed by atoms with Gasteiger partial charge >= 0.3 is 12.0 Å². The van der Waals surface area contributed by atoms with E-state index in [0.29, 0.717) is 0 Å². The number of nitrogens with two attached hydrogens (primary N) is 1. The number of carboxylic acids is 1. The van der Waals surface area contributed by atoms with E-state index in [1.165, 1.54) is 0 Å². The van der Waals surface area contributed by atoms with Crippen LogP contribution in [0.2, 0.25) is 0 Å². The Hall–Kier alpha value is -2.04. The zero-order valence-electron chi connectivity index (χ0n) is 8.93. The van der Waals surface area contributed by atoms with E-state index in [-0.39, 0.29) is 6.42 Å². The molecule has 86 valence electrons. The number of urea groups is 1. The van der Waals surface area contributed by atoms with Gasteiger partial charge in [0.2, 0.25) is 0 Å². The molecule has 0 saturated heterocycles. The number of amides is 2. The van der Waals surface area contributed by atoms with Gasteiger partial charge in [-0.05, 0) is 12.5 Å². The zero-order valence-corrected chi connectivity index (χ0v) is 8.93. The van der Waals surface area contributed by atoms with Gasteiger partial charge in [-0.15, -0.1) is 0 Å². The summed E-state index contributed by atoms with van der Waals surface area (Å²) in [5.74, 6) is -0.987. The third-order valence-corrected chi connectivity index (χ3v) is 2.17. The molecule has 5 heteroatoms. The highest BCUT2D eigenvalue weighted by Crippen LogP contribution is 2.17. The molecule has 0 saturated carbocycles. The Balaban J connectivity index is 2.86. The largest absolute Gasteiger partial charge is 0.481 e. The molecule has 4 N–H and O–H groups in total. The first-order valence-electron chi connectivity index (χ1n) is 4.83. The molecule has 0 aliphatic heterocycles. The fourth-order valence-electron chi connectivity index (χ4n) is 1.40. The zero-order chi connectivity index (χ0) is 12.1.